The molecule has 0 aliphatic heterocycles. The van der Waals surface area contributed by atoms with Crippen molar-refractivity contribution in [1.29, 1.82) is 0 Å². The van der Waals surface area contributed by atoms with Crippen molar-refractivity contribution in [2.75, 3.05) is 0 Å². The first-order valence-corrected chi connectivity index (χ1v) is 5.74. The lowest BCUT2D eigenvalue weighted by molar-refractivity contribution is 0.537. The third-order valence-electron chi connectivity index (χ3n) is 2.70. The molecule has 2 rings (SSSR count). The summed E-state index contributed by atoms with van der Waals surface area (Å²) in [7, 11) is 0. The molecule has 0 amide bonds. The van der Waals surface area contributed by atoms with E-state index in [1.54, 1.807) is 0 Å². The Balaban J connectivity index is 2.69. The number of benzene rings is 1. The number of hydrogen-bond donors (Lipinski definition) is 1. The molecule has 7 heteroatoms. The van der Waals surface area contributed by atoms with Crippen LogP contribution in [0.2, 0.25) is 0 Å². The Morgan fingerprint density at radius 3 is 2.21 bits per heavy atom. The third-order valence-corrected chi connectivity index (χ3v) is 2.70. The highest BCUT2D eigenvalue weighted by Gasteiger charge is 2.22. The first-order chi connectivity index (χ1) is 8.95. The highest BCUT2D eigenvalue weighted by Crippen LogP contribution is 2.28. The van der Waals surface area contributed by atoms with Crippen molar-refractivity contribution in [3.8, 4) is 11.4 Å². The van der Waals surface area contributed by atoms with Crippen molar-refractivity contribution in [3.05, 3.63) is 35.4 Å². The maximum absolute atomic E-state index is 13.8. The van der Waals surface area contributed by atoms with E-state index in [9.17, 15) is 13.2 Å². The van der Waals surface area contributed by atoms with Crippen LogP contribution < -0.4 is 5.73 Å². The number of rotatable bonds is 3. The molecular weight excluding hydrogens is 257 g/mol. The third kappa shape index (κ3) is 2.33. The number of hydrogen-bond acceptors (Lipinski definition) is 3. The van der Waals surface area contributed by atoms with E-state index in [4.69, 9.17) is 5.73 Å². The van der Waals surface area contributed by atoms with Gasteiger partial charge in [-0.3, -0.25) is 0 Å². The SMILES string of the molecule is CC(C)n1c(CN)nnc1-c1c(F)cc(F)cc1F. The van der Waals surface area contributed by atoms with Crippen LogP contribution in [0.3, 0.4) is 0 Å². The van der Waals surface area contributed by atoms with Crippen LogP contribution in [0.15, 0.2) is 12.1 Å². The molecule has 102 valence electrons. The molecule has 1 aromatic carbocycles. The second-order valence-electron chi connectivity index (χ2n) is 4.35. The summed E-state index contributed by atoms with van der Waals surface area (Å²) in [4.78, 5) is 0. The van der Waals surface area contributed by atoms with Gasteiger partial charge in [0, 0.05) is 18.2 Å². The maximum Gasteiger partial charge on any atom is 0.170 e. The van der Waals surface area contributed by atoms with Gasteiger partial charge in [-0.2, -0.15) is 0 Å². The zero-order valence-electron chi connectivity index (χ0n) is 10.5. The zero-order valence-corrected chi connectivity index (χ0v) is 10.5. The summed E-state index contributed by atoms with van der Waals surface area (Å²) in [5, 5.41) is 7.56. The normalized spacial score (nSPS) is 11.3. The Hall–Kier alpha value is -1.89. The van der Waals surface area contributed by atoms with Crippen molar-refractivity contribution < 1.29 is 13.2 Å². The van der Waals surface area contributed by atoms with E-state index in [1.165, 1.54) is 4.57 Å². The fourth-order valence-corrected chi connectivity index (χ4v) is 1.93. The van der Waals surface area contributed by atoms with Crippen LogP contribution >= 0.6 is 0 Å². The monoisotopic (exact) mass is 270 g/mol. The Labute approximate surface area is 108 Å². The topological polar surface area (TPSA) is 56.7 Å². The number of nitrogens with zero attached hydrogens (tertiary/aromatic N) is 3. The molecule has 0 radical (unpaired) electrons. The van der Waals surface area contributed by atoms with E-state index in [0.29, 0.717) is 18.0 Å². The van der Waals surface area contributed by atoms with Crippen LogP contribution in [0.1, 0.15) is 25.7 Å². The Morgan fingerprint density at radius 2 is 1.74 bits per heavy atom. The first kappa shape index (κ1) is 13.5. The van der Waals surface area contributed by atoms with Gasteiger partial charge in [0.25, 0.3) is 0 Å². The lowest BCUT2D eigenvalue weighted by atomic mass is 10.1. The molecule has 2 aromatic rings. The van der Waals surface area contributed by atoms with Gasteiger partial charge in [-0.1, -0.05) is 0 Å². The highest BCUT2D eigenvalue weighted by molar-refractivity contribution is 5.57. The summed E-state index contributed by atoms with van der Waals surface area (Å²) in [5.41, 5.74) is 5.11. The number of aromatic nitrogens is 3. The van der Waals surface area contributed by atoms with Crippen molar-refractivity contribution in [2.24, 2.45) is 5.73 Å². The molecule has 2 N–H and O–H groups in total. The van der Waals surface area contributed by atoms with Gasteiger partial charge >= 0.3 is 0 Å². The molecule has 4 nitrogen and oxygen atoms in total. The highest BCUT2D eigenvalue weighted by atomic mass is 19.1. The molecule has 1 aromatic heterocycles. The van der Waals surface area contributed by atoms with Gasteiger partial charge in [0.2, 0.25) is 0 Å². The Kier molecular flexibility index (Phi) is 3.57. The van der Waals surface area contributed by atoms with Crippen LogP contribution in [0, 0.1) is 17.5 Å². The lowest BCUT2D eigenvalue weighted by Gasteiger charge is -2.14. The van der Waals surface area contributed by atoms with Gasteiger partial charge in [-0.05, 0) is 13.8 Å². The largest absolute Gasteiger partial charge is 0.324 e. The lowest BCUT2D eigenvalue weighted by Crippen LogP contribution is -2.12. The van der Waals surface area contributed by atoms with Gasteiger partial charge in [0.1, 0.15) is 23.3 Å². The minimum absolute atomic E-state index is 0.00505. The maximum atomic E-state index is 13.8. The smallest absolute Gasteiger partial charge is 0.170 e. The molecule has 1 heterocycles. The van der Waals surface area contributed by atoms with Gasteiger partial charge in [0.05, 0.1) is 12.1 Å². The molecule has 0 aliphatic carbocycles. The second kappa shape index (κ2) is 5.00. The molecule has 0 saturated carbocycles. The predicted octanol–water partition coefficient (Wildman–Crippen LogP) is 2.40. The van der Waals surface area contributed by atoms with E-state index in [2.05, 4.69) is 10.2 Å². The van der Waals surface area contributed by atoms with E-state index >= 15 is 0 Å². The minimum atomic E-state index is -1.02. The quantitative estimate of drug-likeness (QED) is 0.931. The summed E-state index contributed by atoms with van der Waals surface area (Å²) in [6, 6.07) is 1.09. The van der Waals surface area contributed by atoms with E-state index in [0.717, 1.165) is 0 Å². The molecule has 0 fully saturated rings. The second-order valence-corrected chi connectivity index (χ2v) is 4.35. The summed E-state index contributed by atoms with van der Waals surface area (Å²) in [6.45, 7) is 3.71. The van der Waals surface area contributed by atoms with Crippen LogP contribution in [0.5, 0.6) is 0 Å². The minimum Gasteiger partial charge on any atom is -0.324 e. The zero-order chi connectivity index (χ0) is 14.2. The molecule has 0 atom stereocenters. The van der Waals surface area contributed by atoms with Gasteiger partial charge in [-0.25, -0.2) is 13.2 Å². The molecule has 19 heavy (non-hydrogen) atoms. The number of halogens is 3. The van der Waals surface area contributed by atoms with E-state index in [1.807, 2.05) is 13.8 Å². The standard InChI is InChI=1S/C12H13F3N4/c1-6(2)19-10(5-16)17-18-12(19)11-8(14)3-7(13)4-9(11)15/h3-4,6H,5,16H2,1-2H3. The van der Waals surface area contributed by atoms with Crippen LogP contribution in [-0.4, -0.2) is 14.8 Å². The van der Waals surface area contributed by atoms with Gasteiger partial charge < -0.3 is 10.3 Å². The van der Waals surface area contributed by atoms with Gasteiger partial charge in [0.15, 0.2) is 5.82 Å². The Morgan fingerprint density at radius 1 is 1.16 bits per heavy atom. The van der Waals surface area contributed by atoms with Crippen molar-refractivity contribution in [1.82, 2.24) is 14.8 Å². The summed E-state index contributed by atoms with van der Waals surface area (Å²) in [5.74, 6) is -2.60. The van der Waals surface area contributed by atoms with Crippen molar-refractivity contribution >= 4 is 0 Å². The van der Waals surface area contributed by atoms with Crippen LogP contribution in [-0.2, 0) is 6.54 Å². The van der Waals surface area contributed by atoms with Crippen molar-refractivity contribution in [3.63, 3.8) is 0 Å². The summed E-state index contributed by atoms with van der Waals surface area (Å²) < 4.78 is 42.0. The molecule has 0 aliphatic rings. The van der Waals surface area contributed by atoms with E-state index < -0.39 is 23.0 Å². The first-order valence-electron chi connectivity index (χ1n) is 5.74. The van der Waals surface area contributed by atoms with Crippen LogP contribution in [0.25, 0.3) is 11.4 Å². The Bertz CT molecular complexity index is 584. The number of nitrogens with two attached hydrogens (primary N) is 1. The molecule has 0 saturated heterocycles. The fourth-order valence-electron chi connectivity index (χ4n) is 1.93. The van der Waals surface area contributed by atoms with Crippen LogP contribution in [0.4, 0.5) is 13.2 Å². The molecular formula is C12H13F3N4. The van der Waals surface area contributed by atoms with Crippen molar-refractivity contribution in [2.45, 2.75) is 26.4 Å². The molecule has 0 bridgehead atoms. The summed E-state index contributed by atoms with van der Waals surface area (Å²) in [6.07, 6.45) is 0. The molecule has 0 unspecified atom stereocenters. The van der Waals surface area contributed by atoms with Gasteiger partial charge in [-0.15, -0.1) is 10.2 Å². The summed E-state index contributed by atoms with van der Waals surface area (Å²) >= 11 is 0. The average molecular weight is 270 g/mol. The predicted molar refractivity (Wildman–Crippen MR) is 63.6 cm³/mol. The molecule has 0 spiro atoms. The average Bonchev–Trinajstić information content (AvgIpc) is 2.71. The fraction of sp³-hybridized carbons (Fsp3) is 0.333. The van der Waals surface area contributed by atoms with E-state index in [-0.39, 0.29) is 18.4 Å².